The van der Waals surface area contributed by atoms with Gasteiger partial charge in [0.15, 0.2) is 5.96 Å². The van der Waals surface area contributed by atoms with Crippen molar-refractivity contribution < 1.29 is 9.53 Å². The number of hydrogen-bond acceptors (Lipinski definition) is 7. The van der Waals surface area contributed by atoms with E-state index in [9.17, 15) is 4.79 Å². The summed E-state index contributed by atoms with van der Waals surface area (Å²) in [5.74, 6) is 0.891. The minimum Gasteiger partial charge on any atom is -0.496 e. The second-order valence-electron chi connectivity index (χ2n) is 7.20. The van der Waals surface area contributed by atoms with E-state index in [0.717, 1.165) is 64.8 Å². The zero-order chi connectivity index (χ0) is 18.9. The van der Waals surface area contributed by atoms with E-state index >= 15 is 0 Å². The van der Waals surface area contributed by atoms with E-state index in [1.807, 2.05) is 17.0 Å². The lowest BCUT2D eigenvalue weighted by atomic mass is 10.1. The summed E-state index contributed by atoms with van der Waals surface area (Å²) in [6.45, 7) is 4.59. The smallest absolute Gasteiger partial charge is 0.264 e. The quantitative estimate of drug-likeness (QED) is 0.740. The summed E-state index contributed by atoms with van der Waals surface area (Å²) < 4.78 is 6.62. The first-order valence-electron chi connectivity index (χ1n) is 9.69. The number of piperazine rings is 1. The number of hydrogen-bond donors (Lipinski definition) is 3. The van der Waals surface area contributed by atoms with Crippen LogP contribution in [-0.2, 0) is 11.3 Å². The molecule has 1 aromatic heterocycles. The molecule has 1 atom stereocenters. The van der Waals surface area contributed by atoms with Crippen molar-refractivity contribution in [3.05, 3.63) is 41.0 Å². The van der Waals surface area contributed by atoms with Crippen LogP contribution in [0.5, 0.6) is 0 Å². The maximum absolute atomic E-state index is 12.9. The molecule has 3 aliphatic heterocycles. The average Bonchev–Trinajstić information content (AvgIpc) is 3.42. The molecule has 7 nitrogen and oxygen atoms in total. The van der Waals surface area contributed by atoms with Crippen molar-refractivity contribution in [1.82, 2.24) is 15.5 Å². The molecule has 0 spiro atoms. The molecular weight excluding hydrogens is 374 g/mol. The van der Waals surface area contributed by atoms with Gasteiger partial charge in [-0.2, -0.15) is 0 Å². The van der Waals surface area contributed by atoms with Crippen LogP contribution in [0.15, 0.2) is 35.5 Å². The lowest BCUT2D eigenvalue weighted by molar-refractivity contribution is 0.0741. The van der Waals surface area contributed by atoms with E-state index in [4.69, 9.17) is 4.74 Å². The van der Waals surface area contributed by atoms with Gasteiger partial charge >= 0.3 is 0 Å². The summed E-state index contributed by atoms with van der Waals surface area (Å²) in [6.07, 6.45) is 4.86. The molecule has 4 heterocycles. The van der Waals surface area contributed by atoms with Gasteiger partial charge in [-0.1, -0.05) is 6.07 Å². The molecule has 3 N–H and O–H groups in total. The summed E-state index contributed by atoms with van der Waals surface area (Å²) in [5.41, 5.74) is 2.20. The predicted molar refractivity (Wildman–Crippen MR) is 112 cm³/mol. The zero-order valence-electron chi connectivity index (χ0n) is 15.5. The first-order valence-corrected chi connectivity index (χ1v) is 10.5. The highest BCUT2D eigenvalue weighted by atomic mass is 32.1. The fraction of sp³-hybridized carbons (Fsp3) is 0.400. The molecule has 0 bridgehead atoms. The van der Waals surface area contributed by atoms with Crippen LogP contribution >= 0.6 is 11.3 Å². The topological polar surface area (TPSA) is 78.0 Å². The van der Waals surface area contributed by atoms with Gasteiger partial charge in [0.2, 0.25) is 0 Å². The summed E-state index contributed by atoms with van der Waals surface area (Å²) in [4.78, 5) is 20.2. The van der Waals surface area contributed by atoms with Gasteiger partial charge < -0.3 is 25.6 Å². The van der Waals surface area contributed by atoms with E-state index < -0.39 is 0 Å². The minimum atomic E-state index is 0.130. The van der Waals surface area contributed by atoms with Crippen LogP contribution in [0.3, 0.4) is 0 Å². The number of amides is 1. The molecular formula is C20H23N5O2S. The molecule has 1 fully saturated rings. The monoisotopic (exact) mass is 397 g/mol. The fourth-order valence-corrected chi connectivity index (χ4v) is 4.80. The molecule has 1 unspecified atom stereocenters. The highest BCUT2D eigenvalue weighted by Gasteiger charge is 2.23. The van der Waals surface area contributed by atoms with Gasteiger partial charge in [-0.25, -0.2) is 4.99 Å². The van der Waals surface area contributed by atoms with Crippen molar-refractivity contribution in [2.24, 2.45) is 4.99 Å². The van der Waals surface area contributed by atoms with Crippen LogP contribution in [0.4, 0.5) is 5.69 Å². The van der Waals surface area contributed by atoms with Crippen LogP contribution in [-0.4, -0.2) is 55.6 Å². The van der Waals surface area contributed by atoms with Crippen molar-refractivity contribution >= 4 is 39.0 Å². The Hall–Kier alpha value is -2.58. The van der Waals surface area contributed by atoms with Crippen LogP contribution in [0.2, 0.25) is 0 Å². The number of carbonyl (C=O) groups is 1. The number of aliphatic imine (C=N–C) groups is 1. The number of nitrogens with one attached hydrogen (secondary N) is 3. The Kier molecular flexibility index (Phi) is 4.66. The number of benzene rings is 1. The molecule has 146 valence electrons. The second-order valence-corrected chi connectivity index (χ2v) is 8.28. The van der Waals surface area contributed by atoms with Crippen LogP contribution in [0.25, 0.3) is 10.1 Å². The van der Waals surface area contributed by atoms with E-state index in [2.05, 4.69) is 33.1 Å². The molecule has 1 amide bonds. The molecule has 0 saturated carbocycles. The fourth-order valence-electron chi connectivity index (χ4n) is 3.76. The maximum atomic E-state index is 12.9. The number of fused-ring (bicyclic) bond motifs is 3. The maximum Gasteiger partial charge on any atom is 0.264 e. The molecule has 2 aromatic rings. The van der Waals surface area contributed by atoms with Gasteiger partial charge in [-0.3, -0.25) is 4.79 Å². The van der Waals surface area contributed by atoms with Gasteiger partial charge in [0, 0.05) is 42.7 Å². The van der Waals surface area contributed by atoms with Gasteiger partial charge in [0.1, 0.15) is 6.10 Å². The van der Waals surface area contributed by atoms with Crippen LogP contribution < -0.4 is 16.0 Å². The molecule has 0 aliphatic carbocycles. The first-order chi connectivity index (χ1) is 13.8. The Labute approximate surface area is 167 Å². The molecule has 1 saturated heterocycles. The van der Waals surface area contributed by atoms with E-state index in [1.165, 1.54) is 0 Å². The van der Waals surface area contributed by atoms with Crippen LogP contribution in [0, 0.1) is 0 Å². The standard InChI is InChI=1S/C20H23N5O2S/c26-19(25-7-5-21-6-8-25)17-10-15-16(28-17)4-3-13-11-22-20(24-18(13)15)23-12-14-2-1-9-27-14/h1,3-4,9-10,14,21H,2,5-8,11-12H2,(H2,22,23,24). The van der Waals surface area contributed by atoms with Crippen molar-refractivity contribution in [3.63, 3.8) is 0 Å². The number of thiophene rings is 1. The highest BCUT2D eigenvalue weighted by Crippen LogP contribution is 2.36. The van der Waals surface area contributed by atoms with Crippen molar-refractivity contribution in [3.8, 4) is 0 Å². The van der Waals surface area contributed by atoms with Crippen molar-refractivity contribution in [1.29, 1.82) is 0 Å². The number of rotatable bonds is 3. The summed E-state index contributed by atoms with van der Waals surface area (Å²) in [6, 6.07) is 6.23. The van der Waals surface area contributed by atoms with Crippen molar-refractivity contribution in [2.45, 2.75) is 19.1 Å². The lowest BCUT2D eigenvalue weighted by Crippen LogP contribution is -2.46. The summed E-state index contributed by atoms with van der Waals surface area (Å²) >= 11 is 1.57. The van der Waals surface area contributed by atoms with Crippen molar-refractivity contribution in [2.75, 3.05) is 38.0 Å². The number of nitrogens with zero attached hydrogens (tertiary/aromatic N) is 2. The molecule has 0 radical (unpaired) electrons. The molecule has 5 rings (SSSR count). The molecule has 3 aliphatic rings. The Bertz CT molecular complexity index is 953. The number of ether oxygens (including phenoxy) is 1. The Morgan fingerprint density at radius 2 is 2.25 bits per heavy atom. The zero-order valence-corrected chi connectivity index (χ0v) is 16.3. The van der Waals surface area contributed by atoms with Crippen LogP contribution in [0.1, 0.15) is 21.7 Å². The van der Waals surface area contributed by atoms with Gasteiger partial charge in [0.25, 0.3) is 5.91 Å². The number of carbonyl (C=O) groups excluding carboxylic acids is 1. The predicted octanol–water partition coefficient (Wildman–Crippen LogP) is 2.12. The van der Waals surface area contributed by atoms with E-state index in [-0.39, 0.29) is 12.0 Å². The van der Waals surface area contributed by atoms with Gasteiger partial charge in [-0.05, 0) is 23.8 Å². The Morgan fingerprint density at radius 3 is 3.07 bits per heavy atom. The Morgan fingerprint density at radius 1 is 1.36 bits per heavy atom. The SMILES string of the molecule is O=C(c1cc2c3c(ccc2s1)CN=C(NCC1CC=CO1)N3)N1CCNCC1. The minimum absolute atomic E-state index is 0.130. The van der Waals surface area contributed by atoms with Gasteiger partial charge in [-0.15, -0.1) is 11.3 Å². The molecule has 1 aromatic carbocycles. The third-order valence-electron chi connectivity index (χ3n) is 5.32. The first kappa shape index (κ1) is 17.5. The lowest BCUT2D eigenvalue weighted by Gasteiger charge is -2.26. The third kappa shape index (κ3) is 3.33. The van der Waals surface area contributed by atoms with E-state index in [0.29, 0.717) is 13.1 Å². The van der Waals surface area contributed by atoms with Gasteiger partial charge in [0.05, 0.1) is 29.9 Å². The average molecular weight is 398 g/mol. The summed E-state index contributed by atoms with van der Waals surface area (Å²) in [5, 5.41) is 11.2. The summed E-state index contributed by atoms with van der Waals surface area (Å²) in [7, 11) is 0. The number of anilines is 1. The normalized spacial score (nSPS) is 21.1. The molecule has 28 heavy (non-hydrogen) atoms. The molecule has 8 heteroatoms. The largest absolute Gasteiger partial charge is 0.496 e. The number of guanidine groups is 1. The Balaban J connectivity index is 1.35. The third-order valence-corrected chi connectivity index (χ3v) is 6.40. The second kappa shape index (κ2) is 7.44. The van der Waals surface area contributed by atoms with E-state index in [1.54, 1.807) is 17.6 Å². The highest BCUT2D eigenvalue weighted by molar-refractivity contribution is 7.20.